The Balaban J connectivity index is 2.23. The van der Waals surface area contributed by atoms with Crippen LogP contribution in [0.25, 0.3) is 0 Å². The van der Waals surface area contributed by atoms with Crippen molar-refractivity contribution in [1.82, 2.24) is 14.5 Å². The zero-order chi connectivity index (χ0) is 14.8. The van der Waals surface area contributed by atoms with Gasteiger partial charge < -0.3 is 10.2 Å². The second kappa shape index (κ2) is 6.53. The summed E-state index contributed by atoms with van der Waals surface area (Å²) in [5.74, 6) is 0. The van der Waals surface area contributed by atoms with E-state index in [9.17, 15) is 8.42 Å². The third-order valence-electron chi connectivity index (χ3n) is 3.54. The highest BCUT2D eigenvalue weighted by atomic mass is 32.2. The van der Waals surface area contributed by atoms with Crippen molar-refractivity contribution < 1.29 is 8.42 Å². The number of hydrogen-bond acceptors (Lipinski definition) is 5. The Bertz CT molecular complexity index is 542. The number of sulfonamides is 1. The minimum absolute atomic E-state index is 0.0161. The number of nitrogens with zero attached hydrogens (tertiary/aromatic N) is 2. The second-order valence-corrected chi connectivity index (χ2v) is 8.62. The van der Waals surface area contributed by atoms with Crippen LogP contribution in [0.2, 0.25) is 0 Å². The molecule has 1 fully saturated rings. The van der Waals surface area contributed by atoms with Crippen molar-refractivity contribution in [3.05, 3.63) is 17.0 Å². The topological polar surface area (TPSA) is 52.7 Å². The van der Waals surface area contributed by atoms with E-state index in [-0.39, 0.29) is 6.04 Å². The molecule has 0 spiro atoms. The lowest BCUT2D eigenvalue weighted by molar-refractivity contribution is 0.291. The van der Waals surface area contributed by atoms with Gasteiger partial charge in [0.25, 0.3) is 10.0 Å². The first kappa shape index (κ1) is 15.9. The van der Waals surface area contributed by atoms with Crippen molar-refractivity contribution in [3.63, 3.8) is 0 Å². The van der Waals surface area contributed by atoms with Gasteiger partial charge in [-0.2, -0.15) is 4.31 Å². The number of thiophene rings is 1. The van der Waals surface area contributed by atoms with E-state index >= 15 is 0 Å². The fourth-order valence-electron chi connectivity index (χ4n) is 2.59. The molecule has 1 atom stereocenters. The molecule has 114 valence electrons. The molecule has 0 saturated carbocycles. The van der Waals surface area contributed by atoms with E-state index in [0.717, 1.165) is 24.4 Å². The molecule has 1 saturated heterocycles. The quantitative estimate of drug-likeness (QED) is 0.906. The van der Waals surface area contributed by atoms with Crippen LogP contribution in [0.5, 0.6) is 0 Å². The molecule has 0 amide bonds. The Labute approximate surface area is 125 Å². The van der Waals surface area contributed by atoms with Gasteiger partial charge in [-0.1, -0.05) is 0 Å². The molecule has 1 N–H and O–H groups in total. The van der Waals surface area contributed by atoms with E-state index < -0.39 is 10.0 Å². The van der Waals surface area contributed by atoms with Gasteiger partial charge >= 0.3 is 0 Å². The van der Waals surface area contributed by atoms with E-state index in [2.05, 4.69) is 10.2 Å². The van der Waals surface area contributed by atoms with E-state index in [4.69, 9.17) is 0 Å². The average Bonchev–Trinajstić information content (AvgIpc) is 2.76. The molecule has 1 aliphatic heterocycles. The summed E-state index contributed by atoms with van der Waals surface area (Å²) in [7, 11) is 0.548. The molecular weight excluding hydrogens is 294 g/mol. The molecular formula is C13H23N3O2S2. The molecule has 0 aromatic carbocycles. The number of likely N-dealkylation sites (N-methyl/N-ethyl adjacent to an activating group) is 1. The van der Waals surface area contributed by atoms with Crippen molar-refractivity contribution in [2.45, 2.75) is 30.1 Å². The maximum absolute atomic E-state index is 12.8. The lowest BCUT2D eigenvalue weighted by Gasteiger charge is -2.26. The second-order valence-electron chi connectivity index (χ2n) is 5.33. The standard InChI is InChI=1S/C13H23N3O2S2/c1-11-10-15(3)7-4-8-16(11)20(17,18)13-6-5-12(19-13)9-14-2/h5-6,11,14H,4,7-10H2,1-3H3. The molecule has 20 heavy (non-hydrogen) atoms. The van der Waals surface area contributed by atoms with Gasteiger partial charge in [0.05, 0.1) is 0 Å². The smallest absolute Gasteiger partial charge is 0.252 e. The van der Waals surface area contributed by atoms with Crippen molar-refractivity contribution >= 4 is 21.4 Å². The van der Waals surface area contributed by atoms with Crippen molar-refractivity contribution in [2.75, 3.05) is 33.7 Å². The summed E-state index contributed by atoms with van der Waals surface area (Å²) >= 11 is 1.36. The summed E-state index contributed by atoms with van der Waals surface area (Å²) in [6.45, 7) is 5.03. The normalized spacial score (nSPS) is 22.9. The SMILES string of the molecule is CNCc1ccc(S(=O)(=O)N2CCCN(C)CC2C)s1. The van der Waals surface area contributed by atoms with Gasteiger partial charge in [0.1, 0.15) is 4.21 Å². The van der Waals surface area contributed by atoms with E-state index in [0.29, 0.717) is 17.3 Å². The van der Waals surface area contributed by atoms with Crippen molar-refractivity contribution in [2.24, 2.45) is 0 Å². The largest absolute Gasteiger partial charge is 0.315 e. The maximum Gasteiger partial charge on any atom is 0.252 e. The van der Waals surface area contributed by atoms with Crippen LogP contribution in [0.1, 0.15) is 18.2 Å². The van der Waals surface area contributed by atoms with Crippen LogP contribution in [-0.2, 0) is 16.6 Å². The molecule has 1 unspecified atom stereocenters. The van der Waals surface area contributed by atoms with Gasteiger partial charge in [0.15, 0.2) is 0 Å². The van der Waals surface area contributed by atoms with E-state index in [1.54, 1.807) is 10.4 Å². The lowest BCUT2D eigenvalue weighted by Crippen LogP contribution is -2.41. The predicted molar refractivity (Wildman–Crippen MR) is 82.6 cm³/mol. The molecule has 2 rings (SSSR count). The van der Waals surface area contributed by atoms with Crippen LogP contribution in [0.3, 0.4) is 0 Å². The Morgan fingerprint density at radius 3 is 2.85 bits per heavy atom. The number of rotatable bonds is 4. The first-order valence-electron chi connectivity index (χ1n) is 6.89. The molecule has 0 radical (unpaired) electrons. The monoisotopic (exact) mass is 317 g/mol. The van der Waals surface area contributed by atoms with E-state index in [1.165, 1.54) is 11.3 Å². The summed E-state index contributed by atoms with van der Waals surface area (Å²) in [4.78, 5) is 3.24. The van der Waals surface area contributed by atoms with Crippen LogP contribution in [-0.4, -0.2) is 57.4 Å². The first-order chi connectivity index (χ1) is 9.45. The molecule has 2 heterocycles. The summed E-state index contributed by atoms with van der Waals surface area (Å²) < 4.78 is 27.7. The van der Waals surface area contributed by atoms with Gasteiger partial charge in [-0.05, 0) is 46.1 Å². The average molecular weight is 317 g/mol. The van der Waals surface area contributed by atoms with Gasteiger partial charge in [0.2, 0.25) is 0 Å². The molecule has 5 nitrogen and oxygen atoms in total. The third-order valence-corrected chi connectivity index (χ3v) is 7.10. The molecule has 1 aromatic heterocycles. The summed E-state index contributed by atoms with van der Waals surface area (Å²) in [5.41, 5.74) is 0. The minimum atomic E-state index is -3.36. The minimum Gasteiger partial charge on any atom is -0.315 e. The predicted octanol–water partition coefficient (Wildman–Crippen LogP) is 1.18. The highest BCUT2D eigenvalue weighted by Gasteiger charge is 2.32. The fraction of sp³-hybridized carbons (Fsp3) is 0.692. The van der Waals surface area contributed by atoms with Crippen LogP contribution >= 0.6 is 11.3 Å². The van der Waals surface area contributed by atoms with Gasteiger partial charge in [-0.15, -0.1) is 11.3 Å². The van der Waals surface area contributed by atoms with Crippen LogP contribution < -0.4 is 5.32 Å². The Morgan fingerprint density at radius 2 is 2.15 bits per heavy atom. The molecule has 0 bridgehead atoms. The number of nitrogens with one attached hydrogen (secondary N) is 1. The zero-order valence-electron chi connectivity index (χ0n) is 12.3. The zero-order valence-corrected chi connectivity index (χ0v) is 13.9. The van der Waals surface area contributed by atoms with Gasteiger partial charge in [-0.3, -0.25) is 0 Å². The van der Waals surface area contributed by atoms with E-state index in [1.807, 2.05) is 27.1 Å². The molecule has 1 aliphatic rings. The van der Waals surface area contributed by atoms with Gasteiger partial charge in [-0.25, -0.2) is 8.42 Å². The Kier molecular flexibility index (Phi) is 5.19. The molecule has 1 aromatic rings. The highest BCUT2D eigenvalue weighted by molar-refractivity contribution is 7.91. The molecule has 0 aliphatic carbocycles. The highest BCUT2D eigenvalue weighted by Crippen LogP contribution is 2.27. The summed E-state index contributed by atoms with van der Waals surface area (Å²) in [5, 5.41) is 3.05. The maximum atomic E-state index is 12.8. The van der Waals surface area contributed by atoms with Crippen molar-refractivity contribution in [1.29, 1.82) is 0 Å². The first-order valence-corrected chi connectivity index (χ1v) is 9.14. The van der Waals surface area contributed by atoms with Gasteiger partial charge in [0, 0.05) is 30.6 Å². The van der Waals surface area contributed by atoms with Crippen LogP contribution in [0.15, 0.2) is 16.3 Å². The summed E-state index contributed by atoms with van der Waals surface area (Å²) in [6, 6.07) is 3.64. The Morgan fingerprint density at radius 1 is 1.40 bits per heavy atom. The van der Waals surface area contributed by atoms with Crippen LogP contribution in [0.4, 0.5) is 0 Å². The van der Waals surface area contributed by atoms with Crippen molar-refractivity contribution in [3.8, 4) is 0 Å². The molecule has 7 heteroatoms. The lowest BCUT2D eigenvalue weighted by atomic mass is 10.3. The number of hydrogen-bond donors (Lipinski definition) is 1. The third kappa shape index (κ3) is 3.40. The fourth-order valence-corrected chi connectivity index (χ4v) is 5.75. The van der Waals surface area contributed by atoms with Crippen LogP contribution in [0, 0.1) is 0 Å². The Hall–Kier alpha value is -0.470. The summed E-state index contributed by atoms with van der Waals surface area (Å²) in [6.07, 6.45) is 0.884.